The molecule has 0 amide bonds. The zero-order valence-corrected chi connectivity index (χ0v) is 12.6. The van der Waals surface area contributed by atoms with Crippen LogP contribution in [0.2, 0.25) is 0 Å². The summed E-state index contributed by atoms with van der Waals surface area (Å²) in [5.41, 5.74) is 1.33. The third-order valence-corrected chi connectivity index (χ3v) is 3.82. The van der Waals surface area contributed by atoms with Gasteiger partial charge in [-0.1, -0.05) is 42.8 Å². The summed E-state index contributed by atoms with van der Waals surface area (Å²) in [5, 5.41) is 3.46. The molecule has 0 aliphatic carbocycles. The molecular formula is C13H20BrNS. The van der Waals surface area contributed by atoms with Gasteiger partial charge < -0.3 is 5.32 Å². The van der Waals surface area contributed by atoms with Crippen molar-refractivity contribution < 1.29 is 0 Å². The van der Waals surface area contributed by atoms with Crippen molar-refractivity contribution in [3.05, 3.63) is 28.2 Å². The lowest BCUT2D eigenvalue weighted by molar-refractivity contribution is 0.551. The summed E-state index contributed by atoms with van der Waals surface area (Å²) in [5.74, 6) is 1.82. The first-order valence-corrected chi connectivity index (χ1v) is 7.53. The Morgan fingerprint density at radius 2 is 2.12 bits per heavy atom. The van der Waals surface area contributed by atoms with Gasteiger partial charge in [-0.15, -0.1) is 11.8 Å². The van der Waals surface area contributed by atoms with Gasteiger partial charge in [-0.2, -0.15) is 0 Å². The monoisotopic (exact) mass is 301 g/mol. The average Bonchev–Trinajstić information content (AvgIpc) is 2.21. The van der Waals surface area contributed by atoms with Gasteiger partial charge in [-0.25, -0.2) is 0 Å². The maximum atomic E-state index is 3.63. The standard InChI is InChI=1S/C13H20BrNS/c1-4-16-12-6-5-11(13(14)7-12)9-15-8-10(2)3/h5-7,10,15H,4,8-9H2,1-3H3. The molecule has 0 saturated carbocycles. The van der Waals surface area contributed by atoms with Crippen LogP contribution < -0.4 is 5.32 Å². The molecule has 0 spiro atoms. The largest absolute Gasteiger partial charge is 0.312 e. The number of thioether (sulfide) groups is 1. The zero-order valence-electron chi connectivity index (χ0n) is 10.2. The Hall–Kier alpha value is 0.01000. The molecule has 0 fully saturated rings. The van der Waals surface area contributed by atoms with E-state index in [1.54, 1.807) is 0 Å². The Morgan fingerprint density at radius 1 is 1.38 bits per heavy atom. The molecule has 1 nitrogen and oxygen atoms in total. The van der Waals surface area contributed by atoms with Gasteiger partial charge in [0.05, 0.1) is 0 Å². The Morgan fingerprint density at radius 3 is 2.69 bits per heavy atom. The molecule has 1 N–H and O–H groups in total. The fraction of sp³-hybridized carbons (Fsp3) is 0.538. The lowest BCUT2D eigenvalue weighted by atomic mass is 10.2. The predicted molar refractivity (Wildman–Crippen MR) is 77.1 cm³/mol. The molecule has 90 valence electrons. The quantitative estimate of drug-likeness (QED) is 0.786. The first kappa shape index (κ1) is 14.1. The molecule has 0 heterocycles. The van der Waals surface area contributed by atoms with E-state index in [1.165, 1.54) is 14.9 Å². The summed E-state index contributed by atoms with van der Waals surface area (Å²) in [6.45, 7) is 8.64. The predicted octanol–water partition coefficient (Wildman–Crippen LogP) is 4.31. The van der Waals surface area contributed by atoms with Crippen molar-refractivity contribution in [2.45, 2.75) is 32.2 Å². The maximum Gasteiger partial charge on any atom is 0.0231 e. The highest BCUT2D eigenvalue weighted by molar-refractivity contribution is 9.10. The van der Waals surface area contributed by atoms with E-state index in [9.17, 15) is 0 Å². The van der Waals surface area contributed by atoms with E-state index in [0.29, 0.717) is 5.92 Å². The van der Waals surface area contributed by atoms with Crippen LogP contribution in [0.3, 0.4) is 0 Å². The molecule has 0 saturated heterocycles. The van der Waals surface area contributed by atoms with Gasteiger partial charge in [-0.3, -0.25) is 0 Å². The number of benzene rings is 1. The molecule has 0 atom stereocenters. The van der Waals surface area contributed by atoms with Crippen molar-refractivity contribution in [1.82, 2.24) is 5.32 Å². The summed E-state index contributed by atoms with van der Waals surface area (Å²) < 4.78 is 1.21. The van der Waals surface area contributed by atoms with Crippen molar-refractivity contribution in [1.29, 1.82) is 0 Å². The molecule has 0 bridgehead atoms. The SMILES string of the molecule is CCSc1ccc(CNCC(C)C)c(Br)c1. The van der Waals surface area contributed by atoms with E-state index in [4.69, 9.17) is 0 Å². The van der Waals surface area contributed by atoms with E-state index in [1.807, 2.05) is 11.8 Å². The van der Waals surface area contributed by atoms with Crippen molar-refractivity contribution in [2.75, 3.05) is 12.3 Å². The van der Waals surface area contributed by atoms with Crippen LogP contribution in [0, 0.1) is 5.92 Å². The molecular weight excluding hydrogens is 282 g/mol. The third kappa shape index (κ3) is 4.89. The Kier molecular flexibility index (Phi) is 6.47. The number of nitrogens with one attached hydrogen (secondary N) is 1. The number of rotatable bonds is 6. The Bertz CT molecular complexity index is 326. The number of halogens is 1. The van der Waals surface area contributed by atoms with Crippen molar-refractivity contribution in [2.24, 2.45) is 5.92 Å². The van der Waals surface area contributed by atoms with Crippen molar-refractivity contribution in [3.8, 4) is 0 Å². The first-order chi connectivity index (χ1) is 7.63. The summed E-state index contributed by atoms with van der Waals surface area (Å²) >= 11 is 5.51. The van der Waals surface area contributed by atoms with Crippen LogP contribution in [0.4, 0.5) is 0 Å². The second-order valence-corrected chi connectivity index (χ2v) is 6.40. The summed E-state index contributed by atoms with van der Waals surface area (Å²) in [6, 6.07) is 6.61. The number of hydrogen-bond acceptors (Lipinski definition) is 2. The average molecular weight is 302 g/mol. The van der Waals surface area contributed by atoms with Crippen LogP contribution >= 0.6 is 27.7 Å². The normalized spacial score (nSPS) is 11.1. The van der Waals surface area contributed by atoms with Gasteiger partial charge in [-0.05, 0) is 35.9 Å². The lowest BCUT2D eigenvalue weighted by Crippen LogP contribution is -2.19. The van der Waals surface area contributed by atoms with Gasteiger partial charge in [0.2, 0.25) is 0 Å². The fourth-order valence-electron chi connectivity index (χ4n) is 1.42. The zero-order chi connectivity index (χ0) is 12.0. The molecule has 0 aromatic heterocycles. The Labute approximate surface area is 112 Å². The maximum absolute atomic E-state index is 3.63. The topological polar surface area (TPSA) is 12.0 Å². The molecule has 1 aromatic carbocycles. The third-order valence-electron chi connectivity index (χ3n) is 2.20. The minimum Gasteiger partial charge on any atom is -0.312 e. The molecule has 16 heavy (non-hydrogen) atoms. The Balaban J connectivity index is 2.54. The molecule has 0 radical (unpaired) electrons. The second kappa shape index (κ2) is 7.36. The van der Waals surface area contributed by atoms with E-state index in [-0.39, 0.29) is 0 Å². The molecule has 0 aliphatic heterocycles. The highest BCUT2D eigenvalue weighted by Crippen LogP contribution is 2.25. The smallest absolute Gasteiger partial charge is 0.0231 e. The lowest BCUT2D eigenvalue weighted by Gasteiger charge is -2.10. The molecule has 3 heteroatoms. The fourth-order valence-corrected chi connectivity index (χ4v) is 2.79. The van der Waals surface area contributed by atoms with E-state index >= 15 is 0 Å². The van der Waals surface area contributed by atoms with Crippen LogP contribution in [0.1, 0.15) is 26.3 Å². The molecule has 0 unspecified atom stereocenters. The van der Waals surface area contributed by atoms with E-state index in [0.717, 1.165) is 18.8 Å². The van der Waals surface area contributed by atoms with Crippen LogP contribution in [0.25, 0.3) is 0 Å². The molecule has 1 aromatic rings. The van der Waals surface area contributed by atoms with Gasteiger partial charge in [0.15, 0.2) is 0 Å². The van der Waals surface area contributed by atoms with Gasteiger partial charge >= 0.3 is 0 Å². The van der Waals surface area contributed by atoms with E-state index < -0.39 is 0 Å². The number of hydrogen-bond donors (Lipinski definition) is 1. The molecule has 0 aliphatic rings. The first-order valence-electron chi connectivity index (χ1n) is 5.75. The van der Waals surface area contributed by atoms with E-state index in [2.05, 4.69) is 60.2 Å². The highest BCUT2D eigenvalue weighted by Gasteiger charge is 2.02. The minimum absolute atomic E-state index is 0.702. The van der Waals surface area contributed by atoms with Crippen LogP contribution in [-0.4, -0.2) is 12.3 Å². The second-order valence-electron chi connectivity index (χ2n) is 4.21. The minimum atomic E-state index is 0.702. The van der Waals surface area contributed by atoms with Crippen molar-refractivity contribution >= 4 is 27.7 Å². The summed E-state index contributed by atoms with van der Waals surface area (Å²) in [7, 11) is 0. The van der Waals surface area contributed by atoms with Gasteiger partial charge in [0, 0.05) is 15.9 Å². The molecule has 1 rings (SSSR count). The van der Waals surface area contributed by atoms with Gasteiger partial charge in [0.25, 0.3) is 0 Å². The highest BCUT2D eigenvalue weighted by atomic mass is 79.9. The van der Waals surface area contributed by atoms with Crippen LogP contribution in [0.15, 0.2) is 27.6 Å². The summed E-state index contributed by atoms with van der Waals surface area (Å²) in [6.07, 6.45) is 0. The van der Waals surface area contributed by atoms with Gasteiger partial charge in [0.1, 0.15) is 0 Å². The van der Waals surface area contributed by atoms with Crippen LogP contribution in [-0.2, 0) is 6.54 Å². The van der Waals surface area contributed by atoms with Crippen LogP contribution in [0.5, 0.6) is 0 Å². The summed E-state index contributed by atoms with van der Waals surface area (Å²) in [4.78, 5) is 1.34. The van der Waals surface area contributed by atoms with Crippen molar-refractivity contribution in [3.63, 3.8) is 0 Å².